The maximum Gasteiger partial charge on any atom is 0.252 e. The van der Waals surface area contributed by atoms with Crippen LogP contribution in [0.25, 0.3) is 0 Å². The number of rotatable bonds is 7. The SMILES string of the molecule is N#Cc1ccnc(N2C(=O)CC[C@H]2C(=O)N(c2cccc(F)c2)C(C(=O)NC2CC(F)(F)C2)c2ccccc2)c1. The summed E-state index contributed by atoms with van der Waals surface area (Å²) in [5, 5.41) is 11.9. The second kappa shape index (κ2) is 10.8. The van der Waals surface area contributed by atoms with Gasteiger partial charge in [0, 0.05) is 37.2 Å². The summed E-state index contributed by atoms with van der Waals surface area (Å²) in [4.78, 5) is 47.5. The minimum Gasteiger partial charge on any atom is -0.351 e. The van der Waals surface area contributed by atoms with E-state index in [0.717, 1.165) is 11.0 Å². The average Bonchev–Trinajstić information content (AvgIpc) is 3.32. The van der Waals surface area contributed by atoms with Crippen LogP contribution in [0.2, 0.25) is 0 Å². The van der Waals surface area contributed by atoms with Gasteiger partial charge in [-0.15, -0.1) is 0 Å². The summed E-state index contributed by atoms with van der Waals surface area (Å²) in [6.45, 7) is 0. The molecule has 0 bridgehead atoms. The Kier molecular flexibility index (Phi) is 7.26. The summed E-state index contributed by atoms with van der Waals surface area (Å²) < 4.78 is 41.5. The second-order valence-electron chi connectivity index (χ2n) is 9.80. The number of nitrogens with one attached hydrogen (secondary N) is 1. The number of amides is 3. The average molecular weight is 548 g/mol. The molecule has 1 saturated carbocycles. The molecule has 2 fully saturated rings. The number of nitriles is 1. The van der Waals surface area contributed by atoms with E-state index in [2.05, 4.69) is 10.3 Å². The van der Waals surface area contributed by atoms with Gasteiger partial charge in [0.15, 0.2) is 0 Å². The lowest BCUT2D eigenvalue weighted by Gasteiger charge is -2.39. The van der Waals surface area contributed by atoms with E-state index in [-0.39, 0.29) is 29.9 Å². The number of carbonyl (C=O) groups excluding carboxylic acids is 3. The van der Waals surface area contributed by atoms with Crippen molar-refractivity contribution in [1.82, 2.24) is 10.3 Å². The Morgan fingerprint density at radius 1 is 1.10 bits per heavy atom. The lowest BCUT2D eigenvalue weighted by atomic mass is 9.87. The molecule has 1 N–H and O–H groups in total. The highest BCUT2D eigenvalue weighted by molar-refractivity contribution is 6.10. The number of aromatic nitrogens is 1. The summed E-state index contributed by atoms with van der Waals surface area (Å²) in [6, 6.07) is 14.9. The molecular weight excluding hydrogens is 523 g/mol. The van der Waals surface area contributed by atoms with Gasteiger partial charge in [0.2, 0.25) is 11.8 Å². The number of benzene rings is 2. The molecule has 2 heterocycles. The zero-order valence-corrected chi connectivity index (χ0v) is 21.1. The molecule has 8 nitrogen and oxygen atoms in total. The van der Waals surface area contributed by atoms with Crippen molar-refractivity contribution < 1.29 is 27.6 Å². The Labute approximate surface area is 228 Å². The molecule has 0 spiro atoms. The molecule has 1 aliphatic carbocycles. The second-order valence-corrected chi connectivity index (χ2v) is 9.80. The first-order chi connectivity index (χ1) is 19.2. The lowest BCUT2D eigenvalue weighted by Crippen LogP contribution is -2.56. The van der Waals surface area contributed by atoms with Gasteiger partial charge in [-0.3, -0.25) is 24.2 Å². The molecule has 3 aromatic rings. The number of carbonyl (C=O) groups is 3. The highest BCUT2D eigenvalue weighted by Gasteiger charge is 2.48. The fraction of sp³-hybridized carbons (Fsp3) is 0.276. The van der Waals surface area contributed by atoms with Crippen molar-refractivity contribution in [2.45, 2.75) is 49.7 Å². The summed E-state index contributed by atoms with van der Waals surface area (Å²) in [6.07, 6.45) is 0.380. The fourth-order valence-corrected chi connectivity index (χ4v) is 5.11. The van der Waals surface area contributed by atoms with Crippen LogP contribution in [0.3, 0.4) is 0 Å². The van der Waals surface area contributed by atoms with Crippen LogP contribution in [0.4, 0.5) is 24.7 Å². The molecular formula is C29H24F3N5O3. The highest BCUT2D eigenvalue weighted by atomic mass is 19.3. The molecule has 1 aromatic heterocycles. The van der Waals surface area contributed by atoms with Crippen molar-refractivity contribution in [2.24, 2.45) is 0 Å². The van der Waals surface area contributed by atoms with Crippen LogP contribution in [-0.4, -0.2) is 40.7 Å². The number of halogens is 3. The van der Waals surface area contributed by atoms with Gasteiger partial charge in [0.1, 0.15) is 23.7 Å². The van der Waals surface area contributed by atoms with Gasteiger partial charge < -0.3 is 5.32 Å². The summed E-state index contributed by atoms with van der Waals surface area (Å²) in [5.74, 6) is -5.26. The van der Waals surface area contributed by atoms with E-state index in [0.29, 0.717) is 5.56 Å². The number of alkyl halides is 2. The largest absolute Gasteiger partial charge is 0.351 e. The summed E-state index contributed by atoms with van der Waals surface area (Å²) >= 11 is 0. The van der Waals surface area contributed by atoms with E-state index in [4.69, 9.17) is 0 Å². The van der Waals surface area contributed by atoms with E-state index in [9.17, 15) is 32.8 Å². The summed E-state index contributed by atoms with van der Waals surface area (Å²) in [7, 11) is 0. The monoisotopic (exact) mass is 547 g/mol. The number of anilines is 2. The van der Waals surface area contributed by atoms with Gasteiger partial charge in [-0.1, -0.05) is 36.4 Å². The Morgan fingerprint density at radius 3 is 2.52 bits per heavy atom. The molecule has 1 unspecified atom stereocenters. The molecule has 2 atom stereocenters. The normalized spacial score (nSPS) is 18.9. The molecule has 1 aliphatic heterocycles. The number of hydrogen-bond donors (Lipinski definition) is 1. The van der Waals surface area contributed by atoms with Crippen LogP contribution in [0, 0.1) is 17.1 Å². The third kappa shape index (κ3) is 5.38. The summed E-state index contributed by atoms with van der Waals surface area (Å²) in [5.41, 5.74) is 0.645. The molecule has 204 valence electrons. The van der Waals surface area contributed by atoms with Crippen LogP contribution in [-0.2, 0) is 14.4 Å². The molecule has 2 aliphatic rings. The van der Waals surface area contributed by atoms with Crippen molar-refractivity contribution >= 4 is 29.2 Å². The first kappa shape index (κ1) is 26.9. The third-order valence-electron chi connectivity index (χ3n) is 7.00. The molecule has 5 rings (SSSR count). The smallest absolute Gasteiger partial charge is 0.252 e. The van der Waals surface area contributed by atoms with E-state index in [1.807, 2.05) is 6.07 Å². The van der Waals surface area contributed by atoms with Crippen LogP contribution >= 0.6 is 0 Å². The quantitative estimate of drug-likeness (QED) is 0.476. The zero-order chi connectivity index (χ0) is 28.4. The minimum atomic E-state index is -2.88. The predicted octanol–water partition coefficient (Wildman–Crippen LogP) is 4.28. The molecule has 40 heavy (non-hydrogen) atoms. The highest BCUT2D eigenvalue weighted by Crippen LogP contribution is 2.39. The molecule has 1 saturated heterocycles. The van der Waals surface area contributed by atoms with Crippen molar-refractivity contribution in [3.63, 3.8) is 0 Å². The Hall–Kier alpha value is -4.72. The van der Waals surface area contributed by atoms with E-state index in [1.165, 1.54) is 41.4 Å². The van der Waals surface area contributed by atoms with E-state index < -0.39 is 60.4 Å². The number of hydrogen-bond acceptors (Lipinski definition) is 5. The number of nitrogens with zero attached hydrogens (tertiary/aromatic N) is 4. The van der Waals surface area contributed by atoms with Gasteiger partial charge in [-0.25, -0.2) is 18.2 Å². The number of pyridine rings is 1. The van der Waals surface area contributed by atoms with Crippen molar-refractivity contribution in [2.75, 3.05) is 9.80 Å². The van der Waals surface area contributed by atoms with Gasteiger partial charge >= 0.3 is 0 Å². The standard InChI is InChI=1S/C29H24F3N5O3/c30-20-7-4-8-22(14-20)36(26(19-5-2-1-3-6-19)27(39)35-21-15-29(31,32)16-21)28(40)23-9-10-25(38)37(23)24-13-18(17-33)11-12-34-24/h1-8,11-14,21,23,26H,9-10,15-16H2,(H,35,39)/t23-,26?/m0/s1. The van der Waals surface area contributed by atoms with Crippen molar-refractivity contribution in [1.29, 1.82) is 5.26 Å². The van der Waals surface area contributed by atoms with Gasteiger partial charge in [0.05, 0.1) is 11.6 Å². The van der Waals surface area contributed by atoms with Crippen LogP contribution in [0.15, 0.2) is 72.9 Å². The van der Waals surface area contributed by atoms with Gasteiger partial charge in [-0.2, -0.15) is 5.26 Å². The van der Waals surface area contributed by atoms with Crippen molar-refractivity contribution in [3.8, 4) is 6.07 Å². The van der Waals surface area contributed by atoms with Gasteiger partial charge in [0.25, 0.3) is 11.8 Å². The topological polar surface area (TPSA) is 106 Å². The zero-order valence-electron chi connectivity index (χ0n) is 21.1. The molecule has 0 radical (unpaired) electrons. The lowest BCUT2D eigenvalue weighted by molar-refractivity contribution is -0.133. The minimum absolute atomic E-state index is 0.00517. The van der Waals surface area contributed by atoms with E-state index in [1.54, 1.807) is 30.3 Å². The third-order valence-corrected chi connectivity index (χ3v) is 7.00. The van der Waals surface area contributed by atoms with E-state index >= 15 is 0 Å². The maximum absolute atomic E-state index is 14.5. The Bertz CT molecular complexity index is 1490. The maximum atomic E-state index is 14.5. The first-order valence-electron chi connectivity index (χ1n) is 12.7. The van der Waals surface area contributed by atoms with Crippen LogP contribution in [0.1, 0.15) is 42.9 Å². The molecule has 2 aromatic carbocycles. The first-order valence-corrected chi connectivity index (χ1v) is 12.7. The van der Waals surface area contributed by atoms with Gasteiger partial charge in [-0.05, 0) is 42.3 Å². The Morgan fingerprint density at radius 2 is 1.85 bits per heavy atom. The predicted molar refractivity (Wildman–Crippen MR) is 139 cm³/mol. The van der Waals surface area contributed by atoms with Crippen molar-refractivity contribution in [3.05, 3.63) is 89.9 Å². The van der Waals surface area contributed by atoms with Crippen LogP contribution in [0.5, 0.6) is 0 Å². The fourth-order valence-electron chi connectivity index (χ4n) is 5.11. The van der Waals surface area contributed by atoms with Crippen LogP contribution < -0.4 is 15.1 Å². The Balaban J connectivity index is 1.58. The molecule has 11 heteroatoms. The molecule has 3 amide bonds.